The van der Waals surface area contributed by atoms with Crippen molar-refractivity contribution in [3.8, 4) is 0 Å². The molecular formula is C4H7O+. The molecule has 0 bridgehead atoms. The lowest BCUT2D eigenvalue weighted by molar-refractivity contribution is 0.281. The molecule has 0 amide bonds. The third-order valence-corrected chi connectivity index (χ3v) is 0.595. The van der Waals surface area contributed by atoms with Crippen molar-refractivity contribution >= 4 is 0 Å². The highest BCUT2D eigenvalue weighted by Gasteiger charge is 1.83. The van der Waals surface area contributed by atoms with E-state index in [4.69, 9.17) is 4.74 Å². The first-order valence-corrected chi connectivity index (χ1v) is 1.77. The summed E-state index contributed by atoms with van der Waals surface area (Å²) in [5.74, 6) is 0. The van der Waals surface area contributed by atoms with Crippen molar-refractivity contribution < 1.29 is 6.16 Å². The lowest BCUT2D eigenvalue weighted by Crippen LogP contribution is -1.70. The van der Waals surface area contributed by atoms with Gasteiger partial charge >= 0.3 is 1.43 Å². The normalized spacial score (nSPS) is 19.2. The van der Waals surface area contributed by atoms with Crippen LogP contribution in [0.15, 0.2) is 12.3 Å². The van der Waals surface area contributed by atoms with Gasteiger partial charge in [-0.25, -0.2) is 0 Å². The average molecular weight is 71.1 g/mol. The predicted molar refractivity (Wildman–Crippen MR) is 20.8 cm³/mol. The summed E-state index contributed by atoms with van der Waals surface area (Å²) >= 11 is 0. The maximum absolute atomic E-state index is 4.76. The maximum atomic E-state index is 4.76. The van der Waals surface area contributed by atoms with Crippen LogP contribution in [0.25, 0.3) is 0 Å². The molecule has 0 unspecified atom stereocenters. The molecule has 0 spiro atoms. The molecule has 28 valence electrons. The van der Waals surface area contributed by atoms with E-state index in [1.165, 1.54) is 0 Å². The summed E-state index contributed by atoms with van der Waals surface area (Å²) in [6, 6.07) is 0. The average Bonchev–Trinajstić information content (AvgIpc) is 1.76. The van der Waals surface area contributed by atoms with Crippen LogP contribution in [0.2, 0.25) is 0 Å². The molecule has 1 aliphatic rings. The second kappa shape index (κ2) is 1.11. The molecule has 0 aromatic heterocycles. The van der Waals surface area contributed by atoms with Crippen LogP contribution < -0.4 is 0 Å². The molecule has 5 heavy (non-hydrogen) atoms. The van der Waals surface area contributed by atoms with Crippen molar-refractivity contribution in [2.24, 2.45) is 0 Å². The minimum Gasteiger partial charge on any atom is -0.501 e. The van der Waals surface area contributed by atoms with Crippen LogP contribution in [0.1, 0.15) is 7.85 Å². The molecule has 1 heteroatoms. The quantitative estimate of drug-likeness (QED) is 0.414. The Bertz CT molecular complexity index is 45.5. The van der Waals surface area contributed by atoms with Gasteiger partial charge in [0.2, 0.25) is 0 Å². The molecule has 0 N–H and O–H groups in total. The van der Waals surface area contributed by atoms with Crippen molar-refractivity contribution in [2.45, 2.75) is 6.42 Å². The van der Waals surface area contributed by atoms with E-state index in [0.29, 0.717) is 0 Å². The van der Waals surface area contributed by atoms with E-state index < -0.39 is 0 Å². The van der Waals surface area contributed by atoms with Crippen molar-refractivity contribution in [1.29, 1.82) is 0 Å². The van der Waals surface area contributed by atoms with E-state index in [9.17, 15) is 0 Å². The zero-order valence-corrected chi connectivity index (χ0v) is 2.98. The Balaban J connectivity index is 0.000000250. The summed E-state index contributed by atoms with van der Waals surface area (Å²) < 4.78 is 4.76. The molecule has 0 aliphatic carbocycles. The molecule has 0 aromatic rings. The predicted octanol–water partition coefficient (Wildman–Crippen LogP) is 1.03. The number of hydrogen-bond donors (Lipinski definition) is 0. The highest BCUT2D eigenvalue weighted by atomic mass is 16.5. The van der Waals surface area contributed by atoms with E-state index in [2.05, 4.69) is 0 Å². The standard InChI is InChI=1S/C4H6O/c1-2-4-5-3-1/h1,3H,2,4H2/p+1. The smallest absolute Gasteiger partial charge is 0.501 e. The van der Waals surface area contributed by atoms with Crippen LogP contribution in [0.5, 0.6) is 0 Å². The first-order valence-electron chi connectivity index (χ1n) is 1.77. The van der Waals surface area contributed by atoms with Gasteiger partial charge in [0.25, 0.3) is 0 Å². The zero-order valence-electron chi connectivity index (χ0n) is 3.98. The Hall–Kier alpha value is -0.460. The maximum Gasteiger partial charge on any atom is 1.00 e. The summed E-state index contributed by atoms with van der Waals surface area (Å²) in [5.41, 5.74) is 0. The van der Waals surface area contributed by atoms with Crippen LogP contribution in [-0.4, -0.2) is 6.61 Å². The molecule has 0 fully saturated rings. The van der Waals surface area contributed by atoms with E-state index >= 15 is 0 Å². The highest BCUT2D eigenvalue weighted by Crippen LogP contribution is 1.93. The molecule has 1 aliphatic heterocycles. The minimum atomic E-state index is 0. The lowest BCUT2D eigenvalue weighted by Gasteiger charge is -1.79. The van der Waals surface area contributed by atoms with Gasteiger partial charge in [-0.1, -0.05) is 0 Å². The molecule has 0 saturated heterocycles. The van der Waals surface area contributed by atoms with Crippen molar-refractivity contribution in [3.63, 3.8) is 0 Å². The molecule has 1 heterocycles. The van der Waals surface area contributed by atoms with Crippen LogP contribution in [0.4, 0.5) is 0 Å². The third kappa shape index (κ3) is 0.407. The highest BCUT2D eigenvalue weighted by molar-refractivity contribution is 4.78. The van der Waals surface area contributed by atoms with Crippen molar-refractivity contribution in [1.82, 2.24) is 0 Å². The molecule has 1 rings (SSSR count). The van der Waals surface area contributed by atoms with Crippen molar-refractivity contribution in [3.05, 3.63) is 12.3 Å². The van der Waals surface area contributed by atoms with Gasteiger partial charge in [0.15, 0.2) is 0 Å². The van der Waals surface area contributed by atoms with Gasteiger partial charge in [0.05, 0.1) is 12.9 Å². The second-order valence-corrected chi connectivity index (χ2v) is 1.03. The summed E-state index contributed by atoms with van der Waals surface area (Å²) in [4.78, 5) is 0. The fraction of sp³-hybridized carbons (Fsp3) is 0.500. The summed E-state index contributed by atoms with van der Waals surface area (Å²) in [6.45, 7) is 0.889. The lowest BCUT2D eigenvalue weighted by atomic mass is 10.5. The largest absolute Gasteiger partial charge is 1.00 e. The van der Waals surface area contributed by atoms with Gasteiger partial charge in [-0.2, -0.15) is 0 Å². The molecular weight excluding hydrogens is 64.0 g/mol. The number of rotatable bonds is 0. The summed E-state index contributed by atoms with van der Waals surface area (Å²) in [7, 11) is 0. The first kappa shape index (κ1) is 2.76. The van der Waals surface area contributed by atoms with Gasteiger partial charge in [-0.05, 0) is 6.08 Å². The minimum absolute atomic E-state index is 0. The van der Waals surface area contributed by atoms with Gasteiger partial charge in [-0.3, -0.25) is 0 Å². The van der Waals surface area contributed by atoms with E-state index in [1.54, 1.807) is 6.26 Å². The molecule has 0 saturated carbocycles. The fourth-order valence-corrected chi connectivity index (χ4v) is 0.340. The van der Waals surface area contributed by atoms with Gasteiger partial charge in [-0.15, -0.1) is 0 Å². The van der Waals surface area contributed by atoms with Gasteiger partial charge in [0.1, 0.15) is 0 Å². The molecule has 0 aromatic carbocycles. The van der Waals surface area contributed by atoms with Crippen LogP contribution in [0, 0.1) is 0 Å². The van der Waals surface area contributed by atoms with E-state index in [-0.39, 0.29) is 1.43 Å². The Kier molecular flexibility index (Phi) is 0.612. The second-order valence-electron chi connectivity index (χ2n) is 1.03. The SMILES string of the molecule is C1=COCC1.[H+]. The Morgan fingerprint density at radius 3 is 3.00 bits per heavy atom. The van der Waals surface area contributed by atoms with E-state index in [1.807, 2.05) is 6.08 Å². The number of ether oxygens (including phenoxy) is 1. The van der Waals surface area contributed by atoms with Gasteiger partial charge < -0.3 is 4.74 Å². The van der Waals surface area contributed by atoms with Crippen LogP contribution in [0.3, 0.4) is 0 Å². The first-order chi connectivity index (χ1) is 2.50. The van der Waals surface area contributed by atoms with Gasteiger partial charge in [0, 0.05) is 6.42 Å². The summed E-state index contributed by atoms with van der Waals surface area (Å²) in [6.07, 6.45) is 4.85. The monoisotopic (exact) mass is 71.0 g/mol. The zero-order chi connectivity index (χ0) is 3.54. The third-order valence-electron chi connectivity index (χ3n) is 0.595. The Morgan fingerprint density at radius 2 is 2.80 bits per heavy atom. The van der Waals surface area contributed by atoms with Crippen LogP contribution >= 0.6 is 0 Å². The topological polar surface area (TPSA) is 9.23 Å². The van der Waals surface area contributed by atoms with E-state index in [0.717, 1.165) is 13.0 Å². The fourth-order valence-electron chi connectivity index (χ4n) is 0.340. The van der Waals surface area contributed by atoms with Crippen molar-refractivity contribution in [2.75, 3.05) is 6.61 Å². The molecule has 0 atom stereocenters. The summed E-state index contributed by atoms with van der Waals surface area (Å²) in [5, 5.41) is 0. The molecule has 1 nitrogen and oxygen atoms in total. The molecule has 0 radical (unpaired) electrons. The Labute approximate surface area is 32.7 Å². The number of hydrogen-bond acceptors (Lipinski definition) is 1. The Morgan fingerprint density at radius 1 is 1.80 bits per heavy atom. The van der Waals surface area contributed by atoms with Crippen LogP contribution in [-0.2, 0) is 4.74 Å².